The Hall–Kier alpha value is -1.14. The number of hydrogen-bond donors (Lipinski definition) is 1. The highest BCUT2D eigenvalue weighted by Gasteiger charge is 2.20. The van der Waals surface area contributed by atoms with Gasteiger partial charge in [0.05, 0.1) is 4.90 Å². The highest BCUT2D eigenvalue weighted by atomic mass is 32.2. The standard InChI is InChI=1S/C14H19NO3S2/c1-11-7-9-13(10-8-11)20(16,17)15-14(19)18-12-5-3-2-4-6-12/h7-10,12H,2-6H2,1H3,(H,15,19). The van der Waals surface area contributed by atoms with Crippen molar-refractivity contribution in [3.05, 3.63) is 29.8 Å². The zero-order valence-electron chi connectivity index (χ0n) is 11.5. The first-order valence-corrected chi connectivity index (χ1v) is 8.66. The molecule has 20 heavy (non-hydrogen) atoms. The van der Waals surface area contributed by atoms with Crippen LogP contribution in [-0.2, 0) is 14.8 Å². The van der Waals surface area contributed by atoms with Crippen LogP contribution < -0.4 is 4.72 Å². The van der Waals surface area contributed by atoms with E-state index in [4.69, 9.17) is 17.0 Å². The van der Waals surface area contributed by atoms with Crippen LogP contribution >= 0.6 is 12.2 Å². The zero-order valence-corrected chi connectivity index (χ0v) is 13.1. The minimum absolute atomic E-state index is 0.0389. The van der Waals surface area contributed by atoms with E-state index in [-0.39, 0.29) is 16.2 Å². The summed E-state index contributed by atoms with van der Waals surface area (Å²) in [7, 11) is -3.64. The molecule has 1 aromatic rings. The van der Waals surface area contributed by atoms with Crippen LogP contribution in [0.1, 0.15) is 37.7 Å². The summed E-state index contributed by atoms with van der Waals surface area (Å²) in [5.74, 6) is 0. The molecule has 0 spiro atoms. The van der Waals surface area contributed by atoms with Crippen molar-refractivity contribution in [3.8, 4) is 0 Å². The van der Waals surface area contributed by atoms with E-state index >= 15 is 0 Å². The van der Waals surface area contributed by atoms with Crippen LogP contribution in [0, 0.1) is 6.92 Å². The molecule has 110 valence electrons. The van der Waals surface area contributed by atoms with Gasteiger partial charge in [0, 0.05) is 0 Å². The molecule has 1 saturated carbocycles. The van der Waals surface area contributed by atoms with Crippen LogP contribution in [0.4, 0.5) is 0 Å². The van der Waals surface area contributed by atoms with E-state index in [0.717, 1.165) is 31.2 Å². The minimum Gasteiger partial charge on any atom is -0.467 e. The fraction of sp³-hybridized carbons (Fsp3) is 0.500. The molecule has 6 heteroatoms. The summed E-state index contributed by atoms with van der Waals surface area (Å²) in [5, 5.41) is -0.0579. The molecule has 0 radical (unpaired) electrons. The first-order valence-electron chi connectivity index (χ1n) is 6.77. The largest absolute Gasteiger partial charge is 0.467 e. The molecule has 1 aromatic carbocycles. The van der Waals surface area contributed by atoms with Crippen LogP contribution in [0.2, 0.25) is 0 Å². The van der Waals surface area contributed by atoms with Gasteiger partial charge in [0.2, 0.25) is 0 Å². The molecule has 0 aromatic heterocycles. The van der Waals surface area contributed by atoms with Crippen LogP contribution in [0.15, 0.2) is 29.2 Å². The monoisotopic (exact) mass is 313 g/mol. The Morgan fingerprint density at radius 1 is 1.20 bits per heavy atom. The van der Waals surface area contributed by atoms with Gasteiger partial charge in [-0.05, 0) is 57.0 Å². The lowest BCUT2D eigenvalue weighted by Gasteiger charge is -2.23. The van der Waals surface area contributed by atoms with Crippen LogP contribution in [0.3, 0.4) is 0 Å². The van der Waals surface area contributed by atoms with Crippen LogP contribution in [0.5, 0.6) is 0 Å². The molecule has 0 bridgehead atoms. The van der Waals surface area contributed by atoms with Gasteiger partial charge in [-0.2, -0.15) is 0 Å². The maximum atomic E-state index is 12.1. The van der Waals surface area contributed by atoms with E-state index in [1.54, 1.807) is 24.3 Å². The number of sulfonamides is 1. The third-order valence-electron chi connectivity index (χ3n) is 3.37. The van der Waals surface area contributed by atoms with Crippen molar-refractivity contribution in [1.82, 2.24) is 4.72 Å². The molecule has 0 unspecified atom stereocenters. The van der Waals surface area contributed by atoms with Crippen molar-refractivity contribution in [1.29, 1.82) is 0 Å². The Balaban J connectivity index is 1.97. The quantitative estimate of drug-likeness (QED) is 0.872. The highest BCUT2D eigenvalue weighted by Crippen LogP contribution is 2.20. The molecule has 0 heterocycles. The Kier molecular flexibility index (Phi) is 4.99. The van der Waals surface area contributed by atoms with Crippen molar-refractivity contribution in [2.24, 2.45) is 0 Å². The summed E-state index contributed by atoms with van der Waals surface area (Å²) in [6.45, 7) is 1.90. The second-order valence-corrected chi connectivity index (χ2v) is 7.14. The lowest BCUT2D eigenvalue weighted by molar-refractivity contribution is 0.143. The number of aryl methyl sites for hydroxylation is 1. The molecule has 0 aliphatic heterocycles. The molecule has 0 saturated heterocycles. The molecule has 4 nitrogen and oxygen atoms in total. The molecule has 0 amide bonds. The topological polar surface area (TPSA) is 55.4 Å². The van der Waals surface area contributed by atoms with Gasteiger partial charge in [0.15, 0.2) is 0 Å². The molecule has 1 N–H and O–H groups in total. The molecule has 1 aliphatic rings. The van der Waals surface area contributed by atoms with Gasteiger partial charge in [-0.15, -0.1) is 0 Å². The number of ether oxygens (including phenoxy) is 1. The fourth-order valence-electron chi connectivity index (χ4n) is 2.24. The van der Waals surface area contributed by atoms with E-state index in [9.17, 15) is 8.42 Å². The summed E-state index contributed by atoms with van der Waals surface area (Å²) in [4.78, 5) is 0.192. The summed E-state index contributed by atoms with van der Waals surface area (Å²) >= 11 is 5.00. The summed E-state index contributed by atoms with van der Waals surface area (Å²) in [5.41, 5.74) is 1.00. The summed E-state index contributed by atoms with van der Waals surface area (Å²) in [6.07, 6.45) is 5.34. The van der Waals surface area contributed by atoms with E-state index < -0.39 is 10.0 Å². The highest BCUT2D eigenvalue weighted by molar-refractivity contribution is 7.91. The SMILES string of the molecule is Cc1ccc(S(=O)(=O)NC(=S)OC2CCCCC2)cc1. The first kappa shape index (κ1) is 15.3. The molecule has 1 aliphatic carbocycles. The normalized spacial score (nSPS) is 16.6. The fourth-order valence-corrected chi connectivity index (χ4v) is 3.59. The van der Waals surface area contributed by atoms with Gasteiger partial charge >= 0.3 is 0 Å². The van der Waals surface area contributed by atoms with Crippen molar-refractivity contribution >= 4 is 27.4 Å². The minimum atomic E-state index is -3.64. The molecule has 1 fully saturated rings. The van der Waals surface area contributed by atoms with Crippen LogP contribution in [-0.4, -0.2) is 19.7 Å². The predicted octanol–water partition coefficient (Wildman–Crippen LogP) is 2.91. The van der Waals surface area contributed by atoms with E-state index in [1.165, 1.54) is 6.42 Å². The Morgan fingerprint density at radius 2 is 1.80 bits per heavy atom. The Bertz CT molecular complexity index is 561. The van der Waals surface area contributed by atoms with E-state index in [0.29, 0.717) is 0 Å². The predicted molar refractivity (Wildman–Crippen MR) is 82.1 cm³/mol. The smallest absolute Gasteiger partial charge is 0.271 e. The number of nitrogens with one attached hydrogen (secondary N) is 1. The number of benzene rings is 1. The maximum absolute atomic E-state index is 12.1. The number of hydrogen-bond acceptors (Lipinski definition) is 4. The van der Waals surface area contributed by atoms with Crippen LogP contribution in [0.25, 0.3) is 0 Å². The maximum Gasteiger partial charge on any atom is 0.271 e. The Labute approximate surface area is 125 Å². The average molecular weight is 313 g/mol. The second-order valence-electron chi connectivity index (χ2n) is 5.08. The van der Waals surface area contributed by atoms with Gasteiger partial charge in [-0.1, -0.05) is 24.1 Å². The lowest BCUT2D eigenvalue weighted by atomic mass is 9.98. The first-order chi connectivity index (χ1) is 9.47. The third-order valence-corrected chi connectivity index (χ3v) is 5.05. The van der Waals surface area contributed by atoms with Gasteiger partial charge in [0.25, 0.3) is 15.2 Å². The van der Waals surface area contributed by atoms with Crippen molar-refractivity contribution < 1.29 is 13.2 Å². The van der Waals surface area contributed by atoms with E-state index in [2.05, 4.69) is 4.72 Å². The Morgan fingerprint density at radius 3 is 2.40 bits per heavy atom. The second kappa shape index (κ2) is 6.54. The molecular formula is C14H19NO3S2. The third kappa shape index (κ3) is 4.18. The van der Waals surface area contributed by atoms with Crippen molar-refractivity contribution in [3.63, 3.8) is 0 Å². The number of rotatable bonds is 3. The van der Waals surface area contributed by atoms with Gasteiger partial charge < -0.3 is 4.74 Å². The summed E-state index contributed by atoms with van der Waals surface area (Å²) < 4.78 is 32.1. The van der Waals surface area contributed by atoms with Gasteiger partial charge in [-0.25, -0.2) is 13.1 Å². The van der Waals surface area contributed by atoms with E-state index in [1.807, 2.05) is 6.92 Å². The average Bonchev–Trinajstić information content (AvgIpc) is 2.39. The number of thiocarbonyl (C=S) groups is 1. The van der Waals surface area contributed by atoms with Crippen molar-refractivity contribution in [2.45, 2.75) is 50.0 Å². The molecule has 2 rings (SSSR count). The lowest BCUT2D eigenvalue weighted by Crippen LogP contribution is -2.34. The summed E-state index contributed by atoms with van der Waals surface area (Å²) in [6, 6.07) is 6.61. The van der Waals surface area contributed by atoms with Crippen molar-refractivity contribution in [2.75, 3.05) is 0 Å². The van der Waals surface area contributed by atoms with Gasteiger partial charge in [0.1, 0.15) is 6.10 Å². The van der Waals surface area contributed by atoms with Gasteiger partial charge in [-0.3, -0.25) is 0 Å². The molecule has 0 atom stereocenters. The molecular weight excluding hydrogens is 294 g/mol. The zero-order chi connectivity index (χ0) is 14.6.